The number of hydrogen-bond donors (Lipinski definition) is 1. The average Bonchev–Trinajstić information content (AvgIpc) is 2.61. The van der Waals surface area contributed by atoms with Crippen molar-refractivity contribution in [2.75, 3.05) is 19.8 Å². The lowest BCUT2D eigenvalue weighted by Gasteiger charge is -2.41. The van der Waals surface area contributed by atoms with Gasteiger partial charge in [-0.3, -0.25) is 4.79 Å². The Hall–Kier alpha value is -2.24. The predicted octanol–water partition coefficient (Wildman–Crippen LogP) is 2.71. The topological polar surface area (TPSA) is 49.8 Å². The van der Waals surface area contributed by atoms with Gasteiger partial charge in [0.2, 0.25) is 0 Å². The molecule has 3 rings (SSSR count). The number of ether oxygens (including phenoxy) is 1. The molecule has 0 spiro atoms. The van der Waals surface area contributed by atoms with Gasteiger partial charge in [0, 0.05) is 6.54 Å². The molecule has 0 radical (unpaired) electrons. The largest absolute Gasteiger partial charge is 0.394 e. The first kappa shape index (κ1) is 16.6. The van der Waals surface area contributed by atoms with Crippen LogP contribution in [-0.2, 0) is 4.74 Å². The predicted molar refractivity (Wildman–Crippen MR) is 88.2 cm³/mol. The summed E-state index contributed by atoms with van der Waals surface area (Å²) in [6.45, 7) is 2.17. The molecule has 1 fully saturated rings. The monoisotopic (exact) mass is 329 g/mol. The van der Waals surface area contributed by atoms with Crippen molar-refractivity contribution in [1.29, 1.82) is 0 Å². The molecule has 1 aliphatic heterocycles. The number of aryl methyl sites for hydroxylation is 1. The van der Waals surface area contributed by atoms with Crippen LogP contribution in [-0.4, -0.2) is 41.8 Å². The third-order valence-electron chi connectivity index (χ3n) is 4.37. The fourth-order valence-electron chi connectivity index (χ4n) is 3.20. The fourth-order valence-corrected chi connectivity index (χ4v) is 3.20. The maximum Gasteiger partial charge on any atom is 0.257 e. The number of morpholine rings is 1. The van der Waals surface area contributed by atoms with E-state index in [0.717, 1.165) is 5.56 Å². The van der Waals surface area contributed by atoms with Crippen molar-refractivity contribution in [2.45, 2.75) is 19.1 Å². The number of aliphatic hydroxyl groups is 1. The summed E-state index contributed by atoms with van der Waals surface area (Å²) in [4.78, 5) is 14.6. The summed E-state index contributed by atoms with van der Waals surface area (Å²) in [6.07, 6.45) is -0.530. The Balaban J connectivity index is 2.02. The summed E-state index contributed by atoms with van der Waals surface area (Å²) in [7, 11) is 0. The van der Waals surface area contributed by atoms with Crippen molar-refractivity contribution in [1.82, 2.24) is 4.90 Å². The van der Waals surface area contributed by atoms with E-state index in [0.29, 0.717) is 18.7 Å². The van der Waals surface area contributed by atoms with Crippen molar-refractivity contribution < 1.29 is 19.0 Å². The average molecular weight is 329 g/mol. The second-order valence-corrected chi connectivity index (χ2v) is 5.88. The lowest BCUT2D eigenvalue weighted by atomic mass is 9.96. The van der Waals surface area contributed by atoms with Gasteiger partial charge in [0.1, 0.15) is 11.9 Å². The van der Waals surface area contributed by atoms with Crippen molar-refractivity contribution in [3.63, 3.8) is 0 Å². The molecular formula is C19H20FNO3. The quantitative estimate of drug-likeness (QED) is 0.942. The van der Waals surface area contributed by atoms with Crippen molar-refractivity contribution in [3.8, 4) is 0 Å². The molecule has 1 heterocycles. The first-order valence-corrected chi connectivity index (χ1v) is 7.97. The van der Waals surface area contributed by atoms with Gasteiger partial charge in [0.05, 0.1) is 24.8 Å². The third-order valence-corrected chi connectivity index (χ3v) is 4.37. The van der Waals surface area contributed by atoms with E-state index in [-0.39, 0.29) is 18.1 Å². The Bertz CT molecular complexity index is 700. The number of nitrogens with zero attached hydrogens (tertiary/aromatic N) is 1. The summed E-state index contributed by atoms with van der Waals surface area (Å²) in [5.74, 6) is -0.903. The van der Waals surface area contributed by atoms with E-state index in [1.807, 2.05) is 30.3 Å². The molecule has 5 heteroatoms. The molecule has 0 unspecified atom stereocenters. The lowest BCUT2D eigenvalue weighted by molar-refractivity contribution is -0.0812. The first-order valence-electron chi connectivity index (χ1n) is 7.97. The molecule has 2 aromatic rings. The van der Waals surface area contributed by atoms with Gasteiger partial charge in [0.15, 0.2) is 0 Å². The fraction of sp³-hybridized carbons (Fsp3) is 0.316. The minimum absolute atomic E-state index is 0.0806. The van der Waals surface area contributed by atoms with E-state index in [2.05, 4.69) is 0 Å². The number of amides is 1. The van der Waals surface area contributed by atoms with Crippen molar-refractivity contribution >= 4 is 5.91 Å². The normalized spacial score (nSPS) is 20.9. The number of benzene rings is 2. The van der Waals surface area contributed by atoms with Gasteiger partial charge >= 0.3 is 0 Å². The Morgan fingerprint density at radius 1 is 1.25 bits per heavy atom. The van der Waals surface area contributed by atoms with Crippen molar-refractivity contribution in [2.24, 2.45) is 0 Å². The lowest BCUT2D eigenvalue weighted by Crippen LogP contribution is -2.49. The number of carbonyl (C=O) groups is 1. The van der Waals surface area contributed by atoms with Crippen LogP contribution in [0, 0.1) is 12.7 Å². The Morgan fingerprint density at radius 3 is 2.67 bits per heavy atom. The number of hydrogen-bond acceptors (Lipinski definition) is 3. The highest BCUT2D eigenvalue weighted by molar-refractivity contribution is 5.96. The summed E-state index contributed by atoms with van der Waals surface area (Å²) in [5.41, 5.74) is 1.54. The number of aliphatic hydroxyl groups excluding tert-OH is 1. The summed E-state index contributed by atoms with van der Waals surface area (Å²) >= 11 is 0. The van der Waals surface area contributed by atoms with Gasteiger partial charge in [-0.15, -0.1) is 0 Å². The zero-order chi connectivity index (χ0) is 17.1. The Kier molecular flexibility index (Phi) is 4.92. The molecule has 0 aromatic heterocycles. The molecule has 0 aliphatic carbocycles. The van der Waals surface area contributed by atoms with Crippen LogP contribution in [0.5, 0.6) is 0 Å². The van der Waals surface area contributed by atoms with E-state index in [1.54, 1.807) is 24.0 Å². The molecule has 126 valence electrons. The van der Waals surface area contributed by atoms with E-state index in [1.165, 1.54) is 6.07 Å². The van der Waals surface area contributed by atoms with Crippen LogP contribution in [0.1, 0.15) is 27.5 Å². The van der Waals surface area contributed by atoms with Gasteiger partial charge in [-0.1, -0.05) is 42.5 Å². The number of halogens is 1. The number of carbonyl (C=O) groups excluding carboxylic acids is 1. The summed E-state index contributed by atoms with van der Waals surface area (Å²) < 4.78 is 19.9. The van der Waals surface area contributed by atoms with E-state index in [4.69, 9.17) is 4.74 Å². The van der Waals surface area contributed by atoms with Gasteiger partial charge in [-0.25, -0.2) is 4.39 Å². The van der Waals surface area contributed by atoms with Gasteiger partial charge in [-0.05, 0) is 24.1 Å². The summed E-state index contributed by atoms with van der Waals surface area (Å²) in [6, 6.07) is 13.5. The van der Waals surface area contributed by atoms with Crippen LogP contribution in [0.2, 0.25) is 0 Å². The van der Waals surface area contributed by atoms with Gasteiger partial charge in [-0.2, -0.15) is 0 Å². The SMILES string of the molecule is Cc1cccc(F)c1C(=O)N1CCO[C@@H](CO)[C@@H]1c1ccccc1. The van der Waals surface area contributed by atoms with Crippen LogP contribution in [0.4, 0.5) is 4.39 Å². The molecule has 1 saturated heterocycles. The highest BCUT2D eigenvalue weighted by Crippen LogP contribution is 2.31. The molecule has 2 atom stereocenters. The minimum Gasteiger partial charge on any atom is -0.394 e. The van der Waals surface area contributed by atoms with Crippen LogP contribution in [0.15, 0.2) is 48.5 Å². The smallest absolute Gasteiger partial charge is 0.257 e. The highest BCUT2D eigenvalue weighted by Gasteiger charge is 2.37. The highest BCUT2D eigenvalue weighted by atomic mass is 19.1. The Labute approximate surface area is 140 Å². The molecule has 0 bridgehead atoms. The van der Waals surface area contributed by atoms with Crippen LogP contribution < -0.4 is 0 Å². The zero-order valence-corrected chi connectivity index (χ0v) is 13.5. The molecule has 1 N–H and O–H groups in total. The molecule has 2 aromatic carbocycles. The van der Waals surface area contributed by atoms with E-state index in [9.17, 15) is 14.3 Å². The third kappa shape index (κ3) is 3.05. The number of rotatable bonds is 3. The molecule has 24 heavy (non-hydrogen) atoms. The maximum absolute atomic E-state index is 14.2. The standard InChI is InChI=1S/C19H20FNO3/c1-13-6-5-9-15(20)17(13)19(23)21-10-11-24-16(12-22)18(21)14-7-3-2-4-8-14/h2-9,16,18,22H,10-12H2,1H3/t16-,18-/m0/s1. The maximum atomic E-state index is 14.2. The van der Waals surface area contributed by atoms with Crippen LogP contribution in [0.25, 0.3) is 0 Å². The van der Waals surface area contributed by atoms with Crippen LogP contribution in [0.3, 0.4) is 0 Å². The van der Waals surface area contributed by atoms with Crippen molar-refractivity contribution in [3.05, 3.63) is 71.0 Å². The Morgan fingerprint density at radius 2 is 2.00 bits per heavy atom. The zero-order valence-electron chi connectivity index (χ0n) is 13.5. The molecule has 0 saturated carbocycles. The minimum atomic E-state index is -0.530. The van der Waals surface area contributed by atoms with Gasteiger partial charge < -0.3 is 14.7 Å². The molecule has 1 aliphatic rings. The second-order valence-electron chi connectivity index (χ2n) is 5.88. The van der Waals surface area contributed by atoms with E-state index < -0.39 is 18.0 Å². The molecular weight excluding hydrogens is 309 g/mol. The second kappa shape index (κ2) is 7.11. The molecule has 1 amide bonds. The first-order chi connectivity index (χ1) is 11.6. The van der Waals surface area contributed by atoms with Gasteiger partial charge in [0.25, 0.3) is 5.91 Å². The summed E-state index contributed by atoms with van der Waals surface area (Å²) in [5, 5.41) is 9.67. The van der Waals surface area contributed by atoms with Crippen LogP contribution >= 0.6 is 0 Å². The molecule has 4 nitrogen and oxygen atoms in total. The van der Waals surface area contributed by atoms with E-state index >= 15 is 0 Å².